The van der Waals surface area contributed by atoms with Gasteiger partial charge in [0.05, 0.1) is 12.7 Å². The van der Waals surface area contributed by atoms with Crippen LogP contribution >= 0.6 is 12.2 Å². The van der Waals surface area contributed by atoms with Crippen LogP contribution in [0, 0.1) is 6.92 Å². The van der Waals surface area contributed by atoms with Crippen LogP contribution in [0.15, 0.2) is 42.5 Å². The molecule has 1 aliphatic rings. The Balaban J connectivity index is 1.71. The number of ether oxygens (including phenoxy) is 1. The molecule has 0 unspecified atom stereocenters. The number of thiocarbonyl (C=S) groups is 1. The van der Waals surface area contributed by atoms with Gasteiger partial charge < -0.3 is 10.1 Å². The third kappa shape index (κ3) is 4.88. The first-order chi connectivity index (χ1) is 13.1. The highest BCUT2D eigenvalue weighted by Crippen LogP contribution is 2.24. The van der Waals surface area contributed by atoms with Crippen LogP contribution in [0.25, 0.3) is 0 Å². The van der Waals surface area contributed by atoms with Crippen LogP contribution in [-0.2, 0) is 13.0 Å². The van der Waals surface area contributed by atoms with E-state index in [9.17, 15) is 0 Å². The number of methoxy groups -OCH3 is 1. The number of rotatable bonds is 7. The summed E-state index contributed by atoms with van der Waals surface area (Å²) in [7, 11) is 1.70. The number of nitrogens with zero attached hydrogens (tertiary/aromatic N) is 1. The highest BCUT2D eigenvalue weighted by atomic mass is 32.1. The normalized spacial score (nSPS) is 16.6. The zero-order valence-corrected chi connectivity index (χ0v) is 17.4. The van der Waals surface area contributed by atoms with Crippen molar-refractivity contribution in [3.63, 3.8) is 0 Å². The second kappa shape index (κ2) is 9.34. The van der Waals surface area contributed by atoms with Crippen LogP contribution in [0.1, 0.15) is 42.0 Å². The van der Waals surface area contributed by atoms with Crippen molar-refractivity contribution in [2.75, 3.05) is 20.2 Å². The first-order valence-electron chi connectivity index (χ1n) is 9.86. The topological polar surface area (TPSA) is 24.5 Å². The Morgan fingerprint density at radius 1 is 1.22 bits per heavy atom. The summed E-state index contributed by atoms with van der Waals surface area (Å²) in [5, 5.41) is 3.52. The summed E-state index contributed by atoms with van der Waals surface area (Å²) in [4.78, 5) is 3.37. The van der Waals surface area contributed by atoms with Crippen LogP contribution in [0.2, 0.25) is 0 Å². The molecule has 144 valence electrons. The van der Waals surface area contributed by atoms with Crippen molar-refractivity contribution in [2.45, 2.75) is 45.7 Å². The quantitative estimate of drug-likeness (QED) is 0.713. The lowest BCUT2D eigenvalue weighted by Gasteiger charge is -2.37. The zero-order chi connectivity index (χ0) is 19.2. The molecular weight excluding hydrogens is 352 g/mol. The molecule has 0 radical (unpaired) electrons. The molecule has 1 aliphatic heterocycles. The first-order valence-corrected chi connectivity index (χ1v) is 10.3. The van der Waals surface area contributed by atoms with Crippen LogP contribution < -0.4 is 10.1 Å². The highest BCUT2D eigenvalue weighted by Gasteiger charge is 2.25. The van der Waals surface area contributed by atoms with E-state index in [0.717, 1.165) is 42.4 Å². The van der Waals surface area contributed by atoms with Crippen molar-refractivity contribution in [1.82, 2.24) is 10.2 Å². The molecular formula is C23H30N2OS. The summed E-state index contributed by atoms with van der Waals surface area (Å²) in [6.45, 7) is 7.36. The van der Waals surface area contributed by atoms with Gasteiger partial charge in [-0.05, 0) is 49.6 Å². The van der Waals surface area contributed by atoms with Gasteiger partial charge in [0, 0.05) is 19.1 Å². The fraction of sp³-hybridized carbons (Fsp3) is 0.435. The average Bonchev–Trinajstić information content (AvgIpc) is 2.70. The maximum Gasteiger partial charge on any atom is 0.129 e. The smallest absolute Gasteiger partial charge is 0.129 e. The SMILES string of the molecule is CCCCN1Cc2ccccc2C[C@H]1CNC(=S)c1cc(C)ccc1OC. The minimum atomic E-state index is 0.459. The molecule has 2 aromatic rings. The first kappa shape index (κ1) is 19.8. The van der Waals surface area contributed by atoms with E-state index in [0.29, 0.717) is 6.04 Å². The van der Waals surface area contributed by atoms with E-state index < -0.39 is 0 Å². The van der Waals surface area contributed by atoms with E-state index in [-0.39, 0.29) is 0 Å². The molecule has 1 N–H and O–H groups in total. The minimum absolute atomic E-state index is 0.459. The average molecular weight is 383 g/mol. The van der Waals surface area contributed by atoms with Gasteiger partial charge in [0.25, 0.3) is 0 Å². The lowest BCUT2D eigenvalue weighted by molar-refractivity contribution is 0.170. The van der Waals surface area contributed by atoms with Crippen molar-refractivity contribution in [3.8, 4) is 5.75 Å². The molecule has 0 fully saturated rings. The van der Waals surface area contributed by atoms with Crippen LogP contribution in [0.4, 0.5) is 0 Å². The molecule has 1 heterocycles. The van der Waals surface area contributed by atoms with Crippen LogP contribution in [-0.4, -0.2) is 36.1 Å². The Morgan fingerprint density at radius 3 is 2.74 bits per heavy atom. The largest absolute Gasteiger partial charge is 0.496 e. The fourth-order valence-electron chi connectivity index (χ4n) is 3.77. The van der Waals surface area contributed by atoms with Gasteiger partial charge in [-0.15, -0.1) is 0 Å². The lowest BCUT2D eigenvalue weighted by Crippen LogP contribution is -2.47. The summed E-state index contributed by atoms with van der Waals surface area (Å²) in [6.07, 6.45) is 3.52. The molecule has 4 heteroatoms. The van der Waals surface area contributed by atoms with Crippen molar-refractivity contribution in [2.24, 2.45) is 0 Å². The maximum absolute atomic E-state index is 5.70. The molecule has 2 aromatic carbocycles. The maximum atomic E-state index is 5.70. The molecule has 0 amide bonds. The van der Waals surface area contributed by atoms with Gasteiger partial charge in [-0.1, -0.05) is 61.5 Å². The predicted octanol–water partition coefficient (Wildman–Crippen LogP) is 4.50. The summed E-state index contributed by atoms with van der Waals surface area (Å²) in [6, 6.07) is 15.4. The molecule has 3 rings (SSSR count). The summed E-state index contributed by atoms with van der Waals surface area (Å²) >= 11 is 5.70. The number of benzene rings is 2. The second-order valence-corrected chi connectivity index (χ2v) is 7.77. The third-order valence-corrected chi connectivity index (χ3v) is 5.72. The van der Waals surface area contributed by atoms with Gasteiger partial charge in [-0.2, -0.15) is 0 Å². The zero-order valence-electron chi connectivity index (χ0n) is 16.6. The number of nitrogens with one attached hydrogen (secondary N) is 1. The molecule has 0 saturated heterocycles. The number of unbranched alkanes of at least 4 members (excludes halogenated alkanes) is 1. The van der Waals surface area contributed by atoms with E-state index in [2.05, 4.69) is 60.5 Å². The summed E-state index contributed by atoms with van der Waals surface area (Å²) in [5.41, 5.74) is 5.10. The molecule has 0 aliphatic carbocycles. The fourth-order valence-corrected chi connectivity index (χ4v) is 4.01. The van der Waals surface area contributed by atoms with E-state index >= 15 is 0 Å². The van der Waals surface area contributed by atoms with Crippen molar-refractivity contribution < 1.29 is 4.74 Å². The van der Waals surface area contributed by atoms with Crippen molar-refractivity contribution in [1.29, 1.82) is 0 Å². The van der Waals surface area contributed by atoms with Crippen LogP contribution in [0.3, 0.4) is 0 Å². The Morgan fingerprint density at radius 2 is 2.00 bits per heavy atom. The van der Waals surface area contributed by atoms with E-state index in [1.54, 1.807) is 7.11 Å². The molecule has 1 atom stereocenters. The van der Waals surface area contributed by atoms with E-state index in [1.165, 1.54) is 29.5 Å². The van der Waals surface area contributed by atoms with E-state index in [1.807, 2.05) is 6.07 Å². The molecule has 0 spiro atoms. The summed E-state index contributed by atoms with van der Waals surface area (Å²) in [5.74, 6) is 0.829. The third-order valence-electron chi connectivity index (χ3n) is 5.36. The van der Waals surface area contributed by atoms with Gasteiger partial charge in [-0.25, -0.2) is 0 Å². The molecule has 0 bridgehead atoms. The van der Waals surface area contributed by atoms with Gasteiger partial charge in [-0.3, -0.25) is 4.90 Å². The molecule has 0 aromatic heterocycles. The van der Waals surface area contributed by atoms with Gasteiger partial charge in [0.15, 0.2) is 0 Å². The van der Waals surface area contributed by atoms with E-state index in [4.69, 9.17) is 17.0 Å². The Labute approximate surface area is 168 Å². The van der Waals surface area contributed by atoms with Crippen molar-refractivity contribution >= 4 is 17.2 Å². The Hall–Kier alpha value is -1.91. The van der Waals surface area contributed by atoms with Gasteiger partial charge >= 0.3 is 0 Å². The minimum Gasteiger partial charge on any atom is -0.496 e. The Bertz CT molecular complexity index is 790. The van der Waals surface area contributed by atoms with Gasteiger partial charge in [0.2, 0.25) is 0 Å². The Kier molecular flexibility index (Phi) is 6.86. The number of aryl methyl sites for hydroxylation is 1. The number of hydrogen-bond acceptors (Lipinski definition) is 3. The number of fused-ring (bicyclic) bond motifs is 1. The van der Waals surface area contributed by atoms with Crippen LogP contribution in [0.5, 0.6) is 5.75 Å². The second-order valence-electron chi connectivity index (χ2n) is 7.36. The standard InChI is InChI=1S/C23H30N2OS/c1-4-5-12-25-16-19-9-7-6-8-18(19)14-20(25)15-24-23(27)21-13-17(2)10-11-22(21)26-3/h6-11,13,20H,4-5,12,14-16H2,1-3H3,(H,24,27)/t20-/m0/s1. The summed E-state index contributed by atoms with van der Waals surface area (Å²) < 4.78 is 5.50. The number of hydrogen-bond donors (Lipinski definition) is 1. The van der Waals surface area contributed by atoms with Crippen molar-refractivity contribution in [3.05, 3.63) is 64.7 Å². The molecule has 27 heavy (non-hydrogen) atoms. The molecule has 0 saturated carbocycles. The van der Waals surface area contributed by atoms with Gasteiger partial charge in [0.1, 0.15) is 10.7 Å². The molecule has 3 nitrogen and oxygen atoms in total. The highest BCUT2D eigenvalue weighted by molar-refractivity contribution is 7.80. The monoisotopic (exact) mass is 382 g/mol. The predicted molar refractivity (Wildman–Crippen MR) is 117 cm³/mol. The lowest BCUT2D eigenvalue weighted by atomic mass is 9.93.